The van der Waals surface area contributed by atoms with Gasteiger partial charge in [-0.1, -0.05) is 0 Å². The van der Waals surface area contributed by atoms with Gasteiger partial charge in [-0.3, -0.25) is 4.79 Å². The summed E-state index contributed by atoms with van der Waals surface area (Å²) in [7, 11) is 6.22. The van der Waals surface area contributed by atoms with E-state index in [4.69, 9.17) is 4.74 Å². The van der Waals surface area contributed by atoms with Gasteiger partial charge in [-0.15, -0.1) is 0 Å². The number of ether oxygens (including phenoxy) is 1. The summed E-state index contributed by atoms with van der Waals surface area (Å²) in [4.78, 5) is 11.3. The van der Waals surface area contributed by atoms with Crippen molar-refractivity contribution in [2.45, 2.75) is 20.8 Å². The molecule has 86 valence electrons. The fourth-order valence-electron chi connectivity index (χ4n) is 0.629. The van der Waals surface area contributed by atoms with Gasteiger partial charge >= 0.3 is 5.97 Å². The van der Waals surface area contributed by atoms with Gasteiger partial charge in [0.1, 0.15) is 13.2 Å². The molecule has 0 aliphatic rings. The Morgan fingerprint density at radius 3 is 1.93 bits per heavy atom. The first-order valence-corrected chi connectivity index (χ1v) is 4.60. The predicted molar refractivity (Wildman–Crippen MR) is 55.2 cm³/mol. The molecular formula is C10H23NO3. The highest BCUT2D eigenvalue weighted by atomic mass is 16.5. The normalized spacial score (nSPS) is 11.9. The smallest absolute Gasteiger partial charge is 0.311 e. The molecule has 1 N–H and O–H groups in total. The Balaban J connectivity index is 0. The molecular weight excluding hydrogens is 182 g/mol. The molecule has 0 radical (unpaired) electrons. The van der Waals surface area contributed by atoms with Crippen molar-refractivity contribution in [2.24, 2.45) is 5.41 Å². The Labute approximate surface area is 86.7 Å². The van der Waals surface area contributed by atoms with E-state index >= 15 is 0 Å². The molecule has 0 amide bonds. The Kier molecular flexibility index (Phi) is 6.02. The molecule has 0 aliphatic heterocycles. The minimum Gasteiger partial charge on any atom is -0.870 e. The van der Waals surface area contributed by atoms with Gasteiger partial charge in [-0.2, -0.15) is 0 Å². The van der Waals surface area contributed by atoms with E-state index < -0.39 is 0 Å². The molecule has 0 aliphatic carbocycles. The number of quaternary nitrogens is 1. The molecule has 0 atom stereocenters. The SMILES string of the molecule is CC(C)(C)C(=O)OCC[N+](C)(C)C.[OH-]. The number of nitrogens with zero attached hydrogens (tertiary/aromatic N) is 1. The van der Waals surface area contributed by atoms with Crippen molar-refractivity contribution in [3.63, 3.8) is 0 Å². The molecule has 0 saturated heterocycles. The van der Waals surface area contributed by atoms with Crippen molar-refractivity contribution >= 4 is 5.97 Å². The van der Waals surface area contributed by atoms with Crippen molar-refractivity contribution in [3.8, 4) is 0 Å². The summed E-state index contributed by atoms with van der Waals surface area (Å²) in [5.74, 6) is -0.124. The van der Waals surface area contributed by atoms with E-state index in [2.05, 4.69) is 21.1 Å². The maximum atomic E-state index is 11.3. The van der Waals surface area contributed by atoms with Gasteiger partial charge < -0.3 is 14.7 Å². The van der Waals surface area contributed by atoms with Crippen LogP contribution < -0.4 is 0 Å². The molecule has 0 heterocycles. The van der Waals surface area contributed by atoms with Crippen LogP contribution in [-0.2, 0) is 9.53 Å². The van der Waals surface area contributed by atoms with Crippen LogP contribution in [0.15, 0.2) is 0 Å². The van der Waals surface area contributed by atoms with Crippen molar-refractivity contribution < 1.29 is 19.5 Å². The fraction of sp³-hybridized carbons (Fsp3) is 0.900. The van der Waals surface area contributed by atoms with Crippen LogP contribution in [0.25, 0.3) is 0 Å². The summed E-state index contributed by atoms with van der Waals surface area (Å²) >= 11 is 0. The maximum absolute atomic E-state index is 11.3. The predicted octanol–water partition coefficient (Wildman–Crippen LogP) is 1.11. The van der Waals surface area contributed by atoms with Crippen LogP contribution in [-0.4, -0.2) is 50.2 Å². The van der Waals surface area contributed by atoms with Crippen molar-refractivity contribution in [1.29, 1.82) is 0 Å². The number of likely N-dealkylation sites (N-methyl/N-ethyl adjacent to an activating group) is 1. The van der Waals surface area contributed by atoms with Crippen LogP contribution in [0.1, 0.15) is 20.8 Å². The van der Waals surface area contributed by atoms with Gasteiger partial charge in [0, 0.05) is 0 Å². The molecule has 14 heavy (non-hydrogen) atoms. The van der Waals surface area contributed by atoms with Crippen LogP contribution >= 0.6 is 0 Å². The highest BCUT2D eigenvalue weighted by molar-refractivity contribution is 5.75. The summed E-state index contributed by atoms with van der Waals surface area (Å²) in [6.07, 6.45) is 0. The molecule has 0 fully saturated rings. The summed E-state index contributed by atoms with van der Waals surface area (Å²) in [5.41, 5.74) is -0.384. The van der Waals surface area contributed by atoms with E-state index in [0.717, 1.165) is 11.0 Å². The quantitative estimate of drug-likeness (QED) is 0.512. The van der Waals surface area contributed by atoms with E-state index in [0.29, 0.717) is 6.61 Å². The first kappa shape index (κ1) is 15.8. The lowest BCUT2D eigenvalue weighted by molar-refractivity contribution is -0.870. The van der Waals surface area contributed by atoms with E-state index in [1.54, 1.807) is 0 Å². The standard InChI is InChI=1S/C10H22NO2.H2O/c1-10(2,3)9(12)13-8-7-11(4,5)6;/h7-8H2,1-6H3;1H2/q+1;/p-1. The number of esters is 1. The number of carbonyl (C=O) groups excluding carboxylic acids is 1. The summed E-state index contributed by atoms with van der Waals surface area (Å²) < 4.78 is 5.94. The average Bonchev–Trinajstić information content (AvgIpc) is 1.82. The van der Waals surface area contributed by atoms with Gasteiger partial charge in [-0.25, -0.2) is 0 Å². The van der Waals surface area contributed by atoms with Gasteiger partial charge in [-0.05, 0) is 20.8 Å². The van der Waals surface area contributed by atoms with Crippen LogP contribution in [0.4, 0.5) is 0 Å². The topological polar surface area (TPSA) is 56.3 Å². The third-order valence-electron chi connectivity index (χ3n) is 1.61. The molecule has 0 aromatic carbocycles. The van der Waals surface area contributed by atoms with Crippen LogP contribution in [0.2, 0.25) is 0 Å². The Morgan fingerprint density at radius 2 is 1.64 bits per heavy atom. The zero-order valence-electron chi connectivity index (χ0n) is 10.1. The number of carbonyl (C=O) groups is 1. The molecule has 4 heteroatoms. The fourth-order valence-corrected chi connectivity index (χ4v) is 0.629. The lowest BCUT2D eigenvalue weighted by Crippen LogP contribution is -2.38. The Hall–Kier alpha value is -0.610. The third kappa shape index (κ3) is 8.01. The second-order valence-electron chi connectivity index (χ2n) is 5.40. The first-order valence-electron chi connectivity index (χ1n) is 4.60. The van der Waals surface area contributed by atoms with E-state index in [-0.39, 0.29) is 16.9 Å². The average molecular weight is 205 g/mol. The lowest BCUT2D eigenvalue weighted by atomic mass is 9.97. The highest BCUT2D eigenvalue weighted by Gasteiger charge is 2.23. The van der Waals surface area contributed by atoms with Crippen LogP contribution in [0.5, 0.6) is 0 Å². The lowest BCUT2D eigenvalue weighted by Gasteiger charge is -2.24. The number of hydrogen-bond donors (Lipinski definition) is 0. The van der Waals surface area contributed by atoms with Crippen molar-refractivity contribution in [3.05, 3.63) is 0 Å². The number of rotatable bonds is 3. The molecule has 0 rings (SSSR count). The Morgan fingerprint density at radius 1 is 1.21 bits per heavy atom. The molecule has 4 nitrogen and oxygen atoms in total. The second kappa shape index (κ2) is 5.32. The van der Waals surface area contributed by atoms with Gasteiger partial charge in [0.05, 0.1) is 26.6 Å². The largest absolute Gasteiger partial charge is 0.870 e. The van der Waals surface area contributed by atoms with Gasteiger partial charge in [0.15, 0.2) is 0 Å². The molecule has 0 unspecified atom stereocenters. The summed E-state index contributed by atoms with van der Waals surface area (Å²) in [6, 6.07) is 0. The highest BCUT2D eigenvalue weighted by Crippen LogP contribution is 2.14. The second-order valence-corrected chi connectivity index (χ2v) is 5.40. The zero-order valence-corrected chi connectivity index (χ0v) is 10.1. The Bertz CT molecular complexity index is 177. The summed E-state index contributed by atoms with van der Waals surface area (Å²) in [6.45, 7) is 6.94. The summed E-state index contributed by atoms with van der Waals surface area (Å²) in [5, 5.41) is 0. The number of hydrogen-bond acceptors (Lipinski definition) is 3. The molecule has 0 bridgehead atoms. The van der Waals surface area contributed by atoms with Gasteiger partial charge in [0.25, 0.3) is 0 Å². The maximum Gasteiger partial charge on any atom is 0.311 e. The van der Waals surface area contributed by atoms with Crippen molar-refractivity contribution in [2.75, 3.05) is 34.3 Å². The zero-order chi connectivity index (χ0) is 10.7. The molecule has 0 saturated carbocycles. The van der Waals surface area contributed by atoms with E-state index in [9.17, 15) is 4.79 Å². The van der Waals surface area contributed by atoms with Crippen LogP contribution in [0.3, 0.4) is 0 Å². The minimum atomic E-state index is -0.384. The molecule has 0 spiro atoms. The molecule has 0 aromatic rings. The molecule has 0 aromatic heterocycles. The van der Waals surface area contributed by atoms with E-state index in [1.807, 2.05) is 20.8 Å². The van der Waals surface area contributed by atoms with Crippen LogP contribution in [0, 0.1) is 5.41 Å². The monoisotopic (exact) mass is 205 g/mol. The first-order chi connectivity index (χ1) is 5.63. The van der Waals surface area contributed by atoms with E-state index in [1.165, 1.54) is 0 Å². The van der Waals surface area contributed by atoms with Gasteiger partial charge in [0.2, 0.25) is 0 Å². The van der Waals surface area contributed by atoms with Crippen molar-refractivity contribution in [1.82, 2.24) is 0 Å². The minimum absolute atomic E-state index is 0. The third-order valence-corrected chi connectivity index (χ3v) is 1.61.